The average Bonchev–Trinajstić information content (AvgIpc) is 2.35. The molecule has 1 fully saturated rings. The lowest BCUT2D eigenvalue weighted by Crippen LogP contribution is -2.47. The number of fused-ring (bicyclic) bond motifs is 1. The van der Waals surface area contributed by atoms with Gasteiger partial charge in [-0.1, -0.05) is 33.3 Å². The molecule has 0 aromatic heterocycles. The lowest BCUT2D eigenvalue weighted by Gasteiger charge is -2.46. The number of allylic oxidation sites excluding steroid dienone is 2. The zero-order chi connectivity index (χ0) is 13.5. The molecule has 3 heteroatoms. The highest BCUT2D eigenvalue weighted by Gasteiger charge is 2.50. The molecular weight excluding hydrogens is 248 g/mol. The summed E-state index contributed by atoms with van der Waals surface area (Å²) in [6.07, 6.45) is 5.10. The van der Waals surface area contributed by atoms with Crippen molar-refractivity contribution in [1.29, 1.82) is 0 Å². The Labute approximate surface area is 114 Å². The number of carbonyl (C=O) groups excluding carboxylic acids is 2. The zero-order valence-corrected chi connectivity index (χ0v) is 12.1. The van der Waals surface area contributed by atoms with E-state index in [2.05, 4.69) is 19.9 Å². The van der Waals surface area contributed by atoms with Crippen LogP contribution in [0.25, 0.3) is 0 Å². The van der Waals surface area contributed by atoms with Crippen LogP contribution in [0.4, 0.5) is 0 Å². The predicted octanol–water partition coefficient (Wildman–Crippen LogP) is 3.38. The topological polar surface area (TPSA) is 34.1 Å². The predicted molar refractivity (Wildman–Crippen MR) is 72.6 cm³/mol. The third kappa shape index (κ3) is 1.95. The molecule has 4 unspecified atom stereocenters. The van der Waals surface area contributed by atoms with Crippen molar-refractivity contribution in [3.05, 3.63) is 11.6 Å². The van der Waals surface area contributed by atoms with Crippen LogP contribution in [0.5, 0.6) is 0 Å². The molecule has 2 aliphatic rings. The van der Waals surface area contributed by atoms with Crippen molar-refractivity contribution in [2.45, 2.75) is 40.0 Å². The molecule has 0 spiro atoms. The van der Waals surface area contributed by atoms with Crippen LogP contribution in [-0.2, 0) is 9.59 Å². The Balaban J connectivity index is 2.47. The highest BCUT2D eigenvalue weighted by molar-refractivity contribution is 6.45. The van der Waals surface area contributed by atoms with E-state index in [-0.39, 0.29) is 28.8 Å². The molecule has 0 N–H and O–H groups in total. The SMILES string of the molecule is CC(CCl)C1=CC2(C)C(C)CCCC2C(=O)C1=O. The number of ketones is 2. The molecule has 0 bridgehead atoms. The van der Waals surface area contributed by atoms with E-state index in [4.69, 9.17) is 11.6 Å². The number of rotatable bonds is 2. The van der Waals surface area contributed by atoms with Crippen LogP contribution in [0.15, 0.2) is 11.6 Å². The standard InChI is InChI=1S/C15H21ClO2/c1-9(8-16)11-7-15(3)10(2)5-4-6-12(15)14(18)13(11)17/h7,9-10,12H,4-6,8H2,1-3H3. The third-order valence-electron chi connectivity index (χ3n) is 4.97. The van der Waals surface area contributed by atoms with Crippen molar-refractivity contribution in [2.75, 3.05) is 5.88 Å². The van der Waals surface area contributed by atoms with Gasteiger partial charge < -0.3 is 0 Å². The molecule has 0 aromatic carbocycles. The summed E-state index contributed by atoms with van der Waals surface area (Å²) in [5, 5.41) is 0. The zero-order valence-electron chi connectivity index (χ0n) is 11.3. The summed E-state index contributed by atoms with van der Waals surface area (Å²) >= 11 is 5.85. The number of hydrogen-bond acceptors (Lipinski definition) is 2. The molecule has 0 radical (unpaired) electrons. The molecular formula is C15H21ClO2. The summed E-state index contributed by atoms with van der Waals surface area (Å²) in [6, 6.07) is 0. The van der Waals surface area contributed by atoms with Gasteiger partial charge >= 0.3 is 0 Å². The van der Waals surface area contributed by atoms with Gasteiger partial charge in [-0.25, -0.2) is 0 Å². The van der Waals surface area contributed by atoms with E-state index in [1.165, 1.54) is 0 Å². The largest absolute Gasteiger partial charge is 0.290 e. The Hall–Kier alpha value is -0.630. The van der Waals surface area contributed by atoms with Gasteiger partial charge in [0.15, 0.2) is 0 Å². The molecule has 2 aliphatic carbocycles. The second kappa shape index (κ2) is 4.80. The molecule has 2 rings (SSSR count). The minimum atomic E-state index is -0.292. The molecule has 0 aromatic rings. The Bertz CT molecular complexity index is 413. The molecule has 18 heavy (non-hydrogen) atoms. The first kappa shape index (κ1) is 13.8. The number of alkyl halides is 1. The lowest BCUT2D eigenvalue weighted by molar-refractivity contribution is -0.142. The normalized spacial score (nSPS) is 38.1. The second-order valence-electron chi connectivity index (χ2n) is 6.10. The van der Waals surface area contributed by atoms with Crippen LogP contribution in [0.2, 0.25) is 0 Å². The van der Waals surface area contributed by atoms with Gasteiger partial charge in [-0.05, 0) is 30.1 Å². The number of carbonyl (C=O) groups is 2. The summed E-state index contributed by atoms with van der Waals surface area (Å²) < 4.78 is 0. The quantitative estimate of drug-likeness (QED) is 0.568. The van der Waals surface area contributed by atoms with Crippen LogP contribution >= 0.6 is 11.6 Å². The van der Waals surface area contributed by atoms with Gasteiger partial charge in [0.2, 0.25) is 11.6 Å². The van der Waals surface area contributed by atoms with Gasteiger partial charge in [-0.3, -0.25) is 9.59 Å². The Morgan fingerprint density at radius 3 is 2.72 bits per heavy atom. The highest BCUT2D eigenvalue weighted by Crippen LogP contribution is 2.50. The Morgan fingerprint density at radius 1 is 1.44 bits per heavy atom. The minimum Gasteiger partial charge on any atom is -0.290 e. The van der Waals surface area contributed by atoms with Crippen molar-refractivity contribution < 1.29 is 9.59 Å². The fourth-order valence-electron chi connectivity index (χ4n) is 3.40. The summed E-state index contributed by atoms with van der Waals surface area (Å²) in [5.74, 6) is 0.221. The Kier molecular flexibility index (Phi) is 3.68. The van der Waals surface area contributed by atoms with Gasteiger partial charge in [-0.15, -0.1) is 11.6 Å². The van der Waals surface area contributed by atoms with Crippen LogP contribution in [0.1, 0.15) is 40.0 Å². The van der Waals surface area contributed by atoms with Crippen LogP contribution < -0.4 is 0 Å². The minimum absolute atomic E-state index is 0.0324. The lowest BCUT2D eigenvalue weighted by atomic mass is 9.56. The Morgan fingerprint density at radius 2 is 2.11 bits per heavy atom. The first-order chi connectivity index (χ1) is 8.41. The average molecular weight is 269 g/mol. The van der Waals surface area contributed by atoms with E-state index >= 15 is 0 Å². The monoisotopic (exact) mass is 268 g/mol. The maximum absolute atomic E-state index is 12.3. The van der Waals surface area contributed by atoms with Crippen LogP contribution in [0, 0.1) is 23.2 Å². The van der Waals surface area contributed by atoms with E-state index in [9.17, 15) is 9.59 Å². The van der Waals surface area contributed by atoms with E-state index in [1.54, 1.807) is 0 Å². The van der Waals surface area contributed by atoms with E-state index in [0.717, 1.165) is 19.3 Å². The highest BCUT2D eigenvalue weighted by atomic mass is 35.5. The number of halogens is 1. The fourth-order valence-corrected chi connectivity index (χ4v) is 3.57. The maximum atomic E-state index is 12.3. The van der Waals surface area contributed by atoms with Gasteiger partial charge in [-0.2, -0.15) is 0 Å². The fraction of sp³-hybridized carbons (Fsp3) is 0.733. The molecule has 0 aliphatic heterocycles. The van der Waals surface area contributed by atoms with Crippen LogP contribution in [0.3, 0.4) is 0 Å². The van der Waals surface area contributed by atoms with Crippen molar-refractivity contribution in [3.8, 4) is 0 Å². The molecule has 1 saturated carbocycles. The first-order valence-electron chi connectivity index (χ1n) is 6.79. The van der Waals surface area contributed by atoms with Crippen molar-refractivity contribution in [1.82, 2.24) is 0 Å². The van der Waals surface area contributed by atoms with E-state index in [0.29, 0.717) is 17.4 Å². The summed E-state index contributed by atoms with van der Waals surface area (Å²) in [4.78, 5) is 24.5. The van der Waals surface area contributed by atoms with Gasteiger partial charge in [0.05, 0.1) is 0 Å². The van der Waals surface area contributed by atoms with E-state index in [1.807, 2.05) is 6.92 Å². The van der Waals surface area contributed by atoms with Crippen LogP contribution in [-0.4, -0.2) is 17.4 Å². The van der Waals surface area contributed by atoms with Crippen molar-refractivity contribution in [3.63, 3.8) is 0 Å². The molecule has 0 heterocycles. The van der Waals surface area contributed by atoms with Gasteiger partial charge in [0.1, 0.15) is 0 Å². The molecule has 4 atom stereocenters. The maximum Gasteiger partial charge on any atom is 0.224 e. The van der Waals surface area contributed by atoms with Crippen molar-refractivity contribution >= 4 is 23.2 Å². The smallest absolute Gasteiger partial charge is 0.224 e. The second-order valence-corrected chi connectivity index (χ2v) is 6.41. The molecule has 100 valence electrons. The first-order valence-corrected chi connectivity index (χ1v) is 7.32. The third-order valence-corrected chi connectivity index (χ3v) is 5.44. The number of Topliss-reactive ketones (excluding diaryl/α,β-unsaturated/α-hetero) is 2. The number of hydrogen-bond donors (Lipinski definition) is 0. The molecule has 0 saturated heterocycles. The summed E-state index contributed by atoms with van der Waals surface area (Å²) in [6.45, 7) is 6.24. The molecule has 0 amide bonds. The van der Waals surface area contributed by atoms with Crippen molar-refractivity contribution in [2.24, 2.45) is 23.2 Å². The van der Waals surface area contributed by atoms with Gasteiger partial charge in [0, 0.05) is 17.4 Å². The summed E-state index contributed by atoms with van der Waals surface area (Å²) in [7, 11) is 0. The summed E-state index contributed by atoms with van der Waals surface area (Å²) in [5.41, 5.74) is 0.487. The van der Waals surface area contributed by atoms with Gasteiger partial charge in [0.25, 0.3) is 0 Å². The van der Waals surface area contributed by atoms with E-state index < -0.39 is 0 Å². The molecule has 2 nitrogen and oxygen atoms in total.